The van der Waals surface area contributed by atoms with Crippen molar-refractivity contribution in [3.8, 4) is 0 Å². The highest BCUT2D eigenvalue weighted by Gasteiger charge is 2.51. The van der Waals surface area contributed by atoms with Crippen LogP contribution in [0.2, 0.25) is 6.32 Å². The van der Waals surface area contributed by atoms with Gasteiger partial charge in [-0.1, -0.05) is 30.3 Å². The van der Waals surface area contributed by atoms with E-state index in [0.717, 1.165) is 5.56 Å². The lowest BCUT2D eigenvalue weighted by molar-refractivity contribution is -0.122. The Morgan fingerprint density at radius 2 is 1.82 bits per heavy atom. The summed E-state index contributed by atoms with van der Waals surface area (Å²) in [5.41, 5.74) is 0.181. The zero-order chi connectivity index (χ0) is 20.4. The van der Waals surface area contributed by atoms with Crippen molar-refractivity contribution in [2.24, 2.45) is 0 Å². The molecule has 1 aromatic rings. The number of Topliss-reactive ketones (excluding diaryl/α,β-unsaturated/α-hetero) is 1. The third-order valence-corrected chi connectivity index (χ3v) is 6.01. The predicted molar refractivity (Wildman–Crippen MR) is 107 cm³/mol. The second kappa shape index (κ2) is 8.25. The molecule has 2 aliphatic heterocycles. The van der Waals surface area contributed by atoms with E-state index in [4.69, 9.17) is 14.0 Å². The van der Waals surface area contributed by atoms with Gasteiger partial charge in [0.15, 0.2) is 0 Å². The van der Waals surface area contributed by atoms with Crippen LogP contribution in [0.25, 0.3) is 0 Å². The molecule has 0 radical (unpaired) electrons. The number of carbonyl (C=O) groups is 2. The average Bonchev–Trinajstić information content (AvgIpc) is 2.85. The van der Waals surface area contributed by atoms with E-state index < -0.39 is 0 Å². The highest BCUT2D eigenvalue weighted by Crippen LogP contribution is 2.38. The molecule has 1 unspecified atom stereocenters. The minimum Gasteiger partial charge on any atom is -0.445 e. The van der Waals surface area contributed by atoms with Gasteiger partial charge < -0.3 is 18.9 Å². The van der Waals surface area contributed by atoms with Gasteiger partial charge in [-0.3, -0.25) is 4.79 Å². The predicted octanol–water partition coefficient (Wildman–Crippen LogP) is 3.84. The number of ketones is 1. The van der Waals surface area contributed by atoms with Crippen LogP contribution in [0, 0.1) is 0 Å². The van der Waals surface area contributed by atoms with Gasteiger partial charge in [-0.05, 0) is 46.0 Å². The standard InChI is InChI=1S/C21H30BNO5/c1-20(2)21(3,4)28-22(27-20)12-10-17-14-18(24)11-13-23(17)19(25)26-15-16-8-6-5-7-9-16/h5-9,17H,10-15H2,1-4H3. The molecule has 1 atom stereocenters. The topological polar surface area (TPSA) is 65.1 Å². The Labute approximate surface area is 167 Å². The highest BCUT2D eigenvalue weighted by molar-refractivity contribution is 6.45. The molecule has 0 aromatic heterocycles. The third kappa shape index (κ3) is 4.76. The molecule has 2 saturated heterocycles. The lowest BCUT2D eigenvalue weighted by Gasteiger charge is -2.34. The molecule has 6 nitrogen and oxygen atoms in total. The minimum absolute atomic E-state index is 0.177. The normalized spacial score (nSPS) is 23.7. The number of benzene rings is 1. The first-order chi connectivity index (χ1) is 13.2. The number of likely N-dealkylation sites (tertiary alicyclic amines) is 1. The molecule has 152 valence electrons. The number of amides is 1. The molecule has 3 rings (SSSR count). The maximum Gasteiger partial charge on any atom is 0.457 e. The van der Waals surface area contributed by atoms with Gasteiger partial charge >= 0.3 is 13.2 Å². The smallest absolute Gasteiger partial charge is 0.445 e. The Morgan fingerprint density at radius 1 is 1.18 bits per heavy atom. The molecule has 1 amide bonds. The number of ether oxygens (including phenoxy) is 1. The zero-order valence-electron chi connectivity index (χ0n) is 17.3. The number of nitrogens with zero attached hydrogens (tertiary/aromatic N) is 1. The van der Waals surface area contributed by atoms with Crippen LogP contribution in [0.1, 0.15) is 52.5 Å². The Morgan fingerprint density at radius 3 is 2.46 bits per heavy atom. The summed E-state index contributed by atoms with van der Waals surface area (Å²) in [7, 11) is -0.329. The molecule has 2 fully saturated rings. The van der Waals surface area contributed by atoms with E-state index in [0.29, 0.717) is 32.1 Å². The van der Waals surface area contributed by atoms with Gasteiger partial charge in [-0.2, -0.15) is 0 Å². The second-order valence-electron chi connectivity index (χ2n) is 8.64. The van der Waals surface area contributed by atoms with Crippen molar-refractivity contribution < 1.29 is 23.6 Å². The van der Waals surface area contributed by atoms with Crippen molar-refractivity contribution in [1.82, 2.24) is 4.90 Å². The molecule has 28 heavy (non-hydrogen) atoms. The molecule has 0 saturated carbocycles. The van der Waals surface area contributed by atoms with Crippen LogP contribution >= 0.6 is 0 Å². The van der Waals surface area contributed by atoms with Crippen LogP contribution < -0.4 is 0 Å². The summed E-state index contributed by atoms with van der Waals surface area (Å²) in [5, 5.41) is 0. The van der Waals surface area contributed by atoms with Gasteiger partial charge in [0.05, 0.1) is 11.2 Å². The van der Waals surface area contributed by atoms with Crippen molar-refractivity contribution >= 4 is 19.0 Å². The lowest BCUT2D eigenvalue weighted by atomic mass is 9.80. The highest BCUT2D eigenvalue weighted by atomic mass is 16.7. The fourth-order valence-corrected chi connectivity index (χ4v) is 3.61. The van der Waals surface area contributed by atoms with Crippen LogP contribution in [0.4, 0.5) is 4.79 Å². The van der Waals surface area contributed by atoms with Crippen LogP contribution in [0.3, 0.4) is 0 Å². The van der Waals surface area contributed by atoms with Crippen molar-refractivity contribution in [3.63, 3.8) is 0 Å². The summed E-state index contributed by atoms with van der Waals surface area (Å²) in [4.78, 5) is 26.3. The van der Waals surface area contributed by atoms with Crippen LogP contribution in [0.15, 0.2) is 30.3 Å². The van der Waals surface area contributed by atoms with Crippen molar-refractivity contribution in [2.75, 3.05) is 6.54 Å². The first kappa shape index (κ1) is 20.9. The maximum absolute atomic E-state index is 12.6. The largest absolute Gasteiger partial charge is 0.457 e. The molecular formula is C21H30BNO5. The quantitative estimate of drug-likeness (QED) is 0.719. The summed E-state index contributed by atoms with van der Waals surface area (Å²) in [6, 6.07) is 9.41. The first-order valence-corrected chi connectivity index (χ1v) is 10.0. The fraction of sp³-hybridized carbons (Fsp3) is 0.619. The fourth-order valence-electron chi connectivity index (χ4n) is 3.61. The molecule has 0 spiro atoms. The number of piperidine rings is 1. The van der Waals surface area contributed by atoms with E-state index in [2.05, 4.69) is 0 Å². The molecular weight excluding hydrogens is 357 g/mol. The molecule has 0 N–H and O–H groups in total. The van der Waals surface area contributed by atoms with Crippen molar-refractivity contribution in [1.29, 1.82) is 0 Å². The van der Waals surface area contributed by atoms with E-state index in [9.17, 15) is 9.59 Å². The Kier molecular flexibility index (Phi) is 6.15. The van der Waals surface area contributed by atoms with Gasteiger partial charge in [0.25, 0.3) is 0 Å². The lowest BCUT2D eigenvalue weighted by Crippen LogP contribution is -2.47. The van der Waals surface area contributed by atoms with E-state index in [-0.39, 0.29) is 42.8 Å². The first-order valence-electron chi connectivity index (χ1n) is 10.0. The Bertz CT molecular complexity index is 690. The number of carbonyl (C=O) groups excluding carboxylic acids is 2. The Balaban J connectivity index is 1.56. The molecule has 2 heterocycles. The monoisotopic (exact) mass is 387 g/mol. The molecule has 0 aliphatic carbocycles. The summed E-state index contributed by atoms with van der Waals surface area (Å²) in [6.07, 6.45) is 1.65. The van der Waals surface area contributed by atoms with Crippen LogP contribution in [0.5, 0.6) is 0 Å². The zero-order valence-corrected chi connectivity index (χ0v) is 17.3. The molecule has 0 bridgehead atoms. The van der Waals surface area contributed by atoms with Crippen LogP contribution in [-0.4, -0.2) is 47.7 Å². The minimum atomic E-state index is -0.381. The SMILES string of the molecule is CC1(C)OB(CCC2CC(=O)CCN2C(=O)OCc2ccccc2)OC1(C)C. The summed E-state index contributed by atoms with van der Waals surface area (Å²) >= 11 is 0. The molecule has 7 heteroatoms. The average molecular weight is 387 g/mol. The van der Waals surface area contributed by atoms with Gasteiger partial charge in [0.2, 0.25) is 0 Å². The number of hydrogen-bond donors (Lipinski definition) is 0. The van der Waals surface area contributed by atoms with Crippen molar-refractivity contribution in [2.45, 2.75) is 77.1 Å². The van der Waals surface area contributed by atoms with Gasteiger partial charge in [-0.25, -0.2) is 4.79 Å². The van der Waals surface area contributed by atoms with E-state index in [1.807, 2.05) is 58.0 Å². The molecule has 2 aliphatic rings. The molecule has 1 aromatic carbocycles. The summed E-state index contributed by atoms with van der Waals surface area (Å²) < 4.78 is 17.6. The van der Waals surface area contributed by atoms with E-state index >= 15 is 0 Å². The Hall–Kier alpha value is -1.86. The van der Waals surface area contributed by atoms with Crippen molar-refractivity contribution in [3.05, 3.63) is 35.9 Å². The summed E-state index contributed by atoms with van der Waals surface area (Å²) in [5.74, 6) is 0.186. The summed E-state index contributed by atoms with van der Waals surface area (Å²) in [6.45, 7) is 8.71. The third-order valence-electron chi connectivity index (χ3n) is 6.01. The number of rotatable bonds is 5. The van der Waals surface area contributed by atoms with Gasteiger partial charge in [-0.15, -0.1) is 0 Å². The number of hydrogen-bond acceptors (Lipinski definition) is 5. The van der Waals surface area contributed by atoms with Gasteiger partial charge in [0, 0.05) is 25.4 Å². The van der Waals surface area contributed by atoms with Crippen LogP contribution in [-0.2, 0) is 25.4 Å². The van der Waals surface area contributed by atoms with E-state index in [1.165, 1.54) is 0 Å². The maximum atomic E-state index is 12.6. The van der Waals surface area contributed by atoms with E-state index in [1.54, 1.807) is 4.90 Å². The second-order valence-corrected chi connectivity index (χ2v) is 8.64. The van der Waals surface area contributed by atoms with Gasteiger partial charge in [0.1, 0.15) is 12.4 Å².